The topological polar surface area (TPSA) is 101 Å². The van der Waals surface area contributed by atoms with Crippen LogP contribution in [0.15, 0.2) is 29.6 Å². The fourth-order valence-electron chi connectivity index (χ4n) is 2.16. The van der Waals surface area contributed by atoms with Gasteiger partial charge < -0.3 is 15.9 Å². The fraction of sp³-hybridized carbons (Fsp3) is 0.200. The molecule has 2 rings (SSSR count). The molecule has 2 aromatic rings. The molecular formula is C15H14ClNO4S. The Morgan fingerprint density at radius 3 is 2.55 bits per heavy atom. The molecule has 0 spiro atoms. The quantitative estimate of drug-likeness (QED) is 0.749. The zero-order chi connectivity index (χ0) is 16.3. The lowest BCUT2D eigenvalue weighted by Gasteiger charge is -2.14. The zero-order valence-electron chi connectivity index (χ0n) is 11.5. The van der Waals surface area contributed by atoms with E-state index in [1.807, 2.05) is 0 Å². The van der Waals surface area contributed by atoms with Crippen LogP contribution >= 0.6 is 22.9 Å². The molecule has 5 nitrogen and oxygen atoms in total. The molecule has 4 N–H and O–H groups in total. The molecule has 1 aromatic heterocycles. The number of carboxylic acids is 2. The average Bonchev–Trinajstić information content (AvgIpc) is 2.95. The van der Waals surface area contributed by atoms with E-state index in [0.717, 1.165) is 16.9 Å². The molecule has 0 aliphatic carbocycles. The van der Waals surface area contributed by atoms with Crippen LogP contribution in [-0.4, -0.2) is 28.7 Å². The smallest absolute Gasteiger partial charge is 0.345 e. The second kappa shape index (κ2) is 6.91. The van der Waals surface area contributed by atoms with Gasteiger partial charge in [-0.05, 0) is 41.3 Å². The molecule has 7 heteroatoms. The summed E-state index contributed by atoms with van der Waals surface area (Å²) in [5.41, 5.74) is 7.79. The van der Waals surface area contributed by atoms with Crippen molar-refractivity contribution in [3.05, 3.63) is 45.1 Å². The van der Waals surface area contributed by atoms with Crippen LogP contribution in [-0.2, 0) is 4.79 Å². The summed E-state index contributed by atoms with van der Waals surface area (Å²) in [7, 11) is 0. The maximum absolute atomic E-state index is 11.0. The monoisotopic (exact) mass is 339 g/mol. The highest BCUT2D eigenvalue weighted by molar-refractivity contribution is 7.12. The van der Waals surface area contributed by atoms with E-state index in [2.05, 4.69) is 0 Å². The minimum absolute atomic E-state index is 0.0679. The third kappa shape index (κ3) is 3.65. The standard InChI is InChI=1S/C15H14ClNO4S/c16-12-2-1-8(9(6-17)5-14(18)19)3-11(12)10-4-13(15(20)21)22-7-10/h1-4,7,9H,5-6,17H2,(H,18,19)(H,20,21)/t9-/m0/s1. The predicted molar refractivity (Wildman–Crippen MR) is 85.8 cm³/mol. The second-order valence-corrected chi connectivity index (χ2v) is 6.09. The Hall–Kier alpha value is -1.89. The largest absolute Gasteiger partial charge is 0.481 e. The van der Waals surface area contributed by atoms with Gasteiger partial charge in [-0.25, -0.2) is 4.79 Å². The molecule has 1 atom stereocenters. The SMILES string of the molecule is NC[C@H](CC(=O)O)c1ccc(Cl)c(-c2csc(C(=O)O)c2)c1. The van der Waals surface area contributed by atoms with E-state index in [4.69, 9.17) is 27.5 Å². The Morgan fingerprint density at radius 2 is 2.00 bits per heavy atom. The number of carboxylic acid groups (broad SMARTS) is 2. The molecule has 1 heterocycles. The number of carbonyl (C=O) groups is 2. The normalized spacial score (nSPS) is 12.1. The third-order valence-corrected chi connectivity index (χ3v) is 4.54. The van der Waals surface area contributed by atoms with Gasteiger partial charge in [-0.1, -0.05) is 17.7 Å². The first kappa shape index (κ1) is 16.5. The Balaban J connectivity index is 2.41. The number of thiophene rings is 1. The van der Waals surface area contributed by atoms with E-state index in [1.54, 1.807) is 29.6 Å². The first-order valence-electron chi connectivity index (χ1n) is 6.46. The lowest BCUT2D eigenvalue weighted by Crippen LogP contribution is -2.16. The second-order valence-electron chi connectivity index (χ2n) is 4.77. The number of hydrogen-bond acceptors (Lipinski definition) is 4. The lowest BCUT2D eigenvalue weighted by molar-refractivity contribution is -0.137. The van der Waals surface area contributed by atoms with Crippen LogP contribution in [0.1, 0.15) is 27.6 Å². The molecule has 22 heavy (non-hydrogen) atoms. The number of aromatic carboxylic acids is 1. The molecule has 0 fully saturated rings. The van der Waals surface area contributed by atoms with Crippen LogP contribution in [0, 0.1) is 0 Å². The van der Waals surface area contributed by atoms with E-state index in [-0.39, 0.29) is 23.8 Å². The molecule has 0 aliphatic heterocycles. The fourth-order valence-corrected chi connectivity index (χ4v) is 3.13. The molecule has 0 saturated carbocycles. The van der Waals surface area contributed by atoms with Crippen LogP contribution in [0.25, 0.3) is 11.1 Å². The van der Waals surface area contributed by atoms with Crippen LogP contribution in [0.5, 0.6) is 0 Å². The van der Waals surface area contributed by atoms with E-state index in [0.29, 0.717) is 16.1 Å². The van der Waals surface area contributed by atoms with E-state index in [1.165, 1.54) is 0 Å². The van der Waals surface area contributed by atoms with E-state index in [9.17, 15) is 9.59 Å². The van der Waals surface area contributed by atoms with Gasteiger partial charge in [0.2, 0.25) is 0 Å². The van der Waals surface area contributed by atoms with Gasteiger partial charge in [0.25, 0.3) is 0 Å². The maximum atomic E-state index is 11.0. The van der Waals surface area contributed by atoms with Gasteiger partial charge in [0.1, 0.15) is 4.88 Å². The Labute approximate surface area is 136 Å². The van der Waals surface area contributed by atoms with Crippen molar-refractivity contribution in [1.82, 2.24) is 0 Å². The van der Waals surface area contributed by atoms with Crippen molar-refractivity contribution in [2.45, 2.75) is 12.3 Å². The van der Waals surface area contributed by atoms with Crippen LogP contribution in [0.2, 0.25) is 5.02 Å². The van der Waals surface area contributed by atoms with Gasteiger partial charge in [-0.15, -0.1) is 11.3 Å². The van der Waals surface area contributed by atoms with Gasteiger partial charge in [-0.2, -0.15) is 0 Å². The molecule has 1 aromatic carbocycles. The van der Waals surface area contributed by atoms with Crippen LogP contribution in [0.4, 0.5) is 0 Å². The molecule has 0 bridgehead atoms. The first-order chi connectivity index (χ1) is 10.4. The molecule has 0 amide bonds. The predicted octanol–water partition coefficient (Wildman–Crippen LogP) is 3.28. The summed E-state index contributed by atoms with van der Waals surface area (Å²) in [5.74, 6) is -2.23. The van der Waals surface area contributed by atoms with Crippen molar-refractivity contribution in [1.29, 1.82) is 0 Å². The van der Waals surface area contributed by atoms with Crippen molar-refractivity contribution >= 4 is 34.9 Å². The molecule has 0 radical (unpaired) electrons. The number of nitrogens with two attached hydrogens (primary N) is 1. The summed E-state index contributed by atoms with van der Waals surface area (Å²) < 4.78 is 0. The summed E-state index contributed by atoms with van der Waals surface area (Å²) >= 11 is 7.30. The minimum Gasteiger partial charge on any atom is -0.481 e. The molecule has 0 unspecified atom stereocenters. The number of benzene rings is 1. The number of rotatable bonds is 6. The van der Waals surface area contributed by atoms with Gasteiger partial charge in [0.15, 0.2) is 0 Å². The van der Waals surface area contributed by atoms with Gasteiger partial charge in [-0.3, -0.25) is 4.79 Å². The van der Waals surface area contributed by atoms with Gasteiger partial charge >= 0.3 is 11.9 Å². The highest BCUT2D eigenvalue weighted by Gasteiger charge is 2.17. The van der Waals surface area contributed by atoms with E-state index < -0.39 is 11.9 Å². The first-order valence-corrected chi connectivity index (χ1v) is 7.71. The minimum atomic E-state index is -0.991. The van der Waals surface area contributed by atoms with Crippen molar-refractivity contribution in [2.24, 2.45) is 5.73 Å². The van der Waals surface area contributed by atoms with Crippen LogP contribution < -0.4 is 5.73 Å². The molecule has 116 valence electrons. The van der Waals surface area contributed by atoms with Crippen LogP contribution in [0.3, 0.4) is 0 Å². The Kier molecular flexibility index (Phi) is 5.18. The third-order valence-electron chi connectivity index (χ3n) is 3.29. The Morgan fingerprint density at radius 1 is 1.27 bits per heavy atom. The molecule has 0 aliphatic rings. The summed E-state index contributed by atoms with van der Waals surface area (Å²) in [6.45, 7) is 0.206. The van der Waals surface area contributed by atoms with Crippen molar-refractivity contribution in [2.75, 3.05) is 6.54 Å². The maximum Gasteiger partial charge on any atom is 0.345 e. The van der Waals surface area contributed by atoms with Crippen molar-refractivity contribution in [3.8, 4) is 11.1 Å². The molecular weight excluding hydrogens is 326 g/mol. The number of hydrogen-bond donors (Lipinski definition) is 3. The summed E-state index contributed by atoms with van der Waals surface area (Å²) in [5, 5.41) is 20.1. The number of aliphatic carboxylic acids is 1. The number of halogens is 1. The zero-order valence-corrected chi connectivity index (χ0v) is 13.0. The average molecular weight is 340 g/mol. The lowest BCUT2D eigenvalue weighted by atomic mass is 9.93. The van der Waals surface area contributed by atoms with Crippen molar-refractivity contribution < 1.29 is 19.8 Å². The summed E-state index contributed by atoms with van der Waals surface area (Å²) in [6, 6.07) is 6.74. The Bertz CT molecular complexity index is 713. The van der Waals surface area contributed by atoms with Gasteiger partial charge in [0.05, 0.1) is 6.42 Å². The van der Waals surface area contributed by atoms with Gasteiger partial charge in [0, 0.05) is 16.5 Å². The highest BCUT2D eigenvalue weighted by Crippen LogP contribution is 2.34. The summed E-state index contributed by atoms with van der Waals surface area (Å²) in [4.78, 5) is 22.1. The van der Waals surface area contributed by atoms with Crippen molar-refractivity contribution in [3.63, 3.8) is 0 Å². The molecule has 0 saturated heterocycles. The van der Waals surface area contributed by atoms with E-state index >= 15 is 0 Å². The summed E-state index contributed by atoms with van der Waals surface area (Å²) in [6.07, 6.45) is -0.0679. The highest BCUT2D eigenvalue weighted by atomic mass is 35.5.